The number of nitroso groups, excluding NO2 is 1. The molecule has 3 nitrogen and oxygen atoms in total. The van der Waals surface area contributed by atoms with Gasteiger partial charge in [-0.15, -0.1) is 4.91 Å². The molecule has 21 heavy (non-hydrogen) atoms. The molecule has 0 unspecified atom stereocenters. The number of benzene rings is 2. The lowest BCUT2D eigenvalue weighted by Crippen LogP contribution is -2.13. The Morgan fingerprint density at radius 3 is 2.52 bits per heavy atom. The van der Waals surface area contributed by atoms with E-state index in [9.17, 15) is 4.91 Å². The fraction of sp³-hybridized carbons (Fsp3) is 0.111. The van der Waals surface area contributed by atoms with E-state index in [2.05, 4.69) is 41.7 Å². The molecule has 2 aromatic carbocycles. The Balaban J connectivity index is 1.88. The summed E-state index contributed by atoms with van der Waals surface area (Å²) in [6.45, 7) is 2.47. The molecule has 0 amide bonds. The van der Waals surface area contributed by atoms with E-state index in [1.807, 2.05) is 37.3 Å². The Morgan fingerprint density at radius 2 is 1.81 bits per heavy atom. The quantitative estimate of drug-likeness (QED) is 0.595. The summed E-state index contributed by atoms with van der Waals surface area (Å²) in [7, 11) is 0. The molecule has 0 saturated carbocycles. The molecule has 0 atom stereocenters. The largest absolute Gasteiger partial charge is 0.230 e. The smallest absolute Gasteiger partial charge is 0.0626 e. The monoisotopic (exact) mass is 276 g/mol. The first-order valence-electron chi connectivity index (χ1n) is 7.02. The maximum absolute atomic E-state index is 10.7. The van der Waals surface area contributed by atoms with E-state index in [4.69, 9.17) is 0 Å². The van der Waals surface area contributed by atoms with Crippen LogP contribution in [0, 0.1) is 4.91 Å². The molecule has 2 aromatic rings. The zero-order valence-electron chi connectivity index (χ0n) is 11.9. The molecule has 0 saturated heterocycles. The second kappa shape index (κ2) is 5.75. The summed E-state index contributed by atoms with van der Waals surface area (Å²) >= 11 is 0. The molecule has 0 aliphatic heterocycles. The summed E-state index contributed by atoms with van der Waals surface area (Å²) in [6.07, 6.45) is 6.41. The average molecular weight is 276 g/mol. The lowest BCUT2D eigenvalue weighted by atomic mass is 10.0. The van der Waals surface area contributed by atoms with Crippen LogP contribution in [0.5, 0.6) is 0 Å². The summed E-state index contributed by atoms with van der Waals surface area (Å²) in [5, 5.41) is 4.43. The van der Waals surface area contributed by atoms with E-state index >= 15 is 0 Å². The molecule has 3 rings (SSSR count). The highest BCUT2D eigenvalue weighted by Gasteiger charge is 2.09. The zero-order valence-corrected chi connectivity index (χ0v) is 11.9. The van der Waals surface area contributed by atoms with Gasteiger partial charge in [0.15, 0.2) is 0 Å². The first-order valence-corrected chi connectivity index (χ1v) is 7.02. The second-order valence-corrected chi connectivity index (χ2v) is 4.91. The molecule has 0 fully saturated rings. The molecule has 0 heterocycles. The zero-order chi connectivity index (χ0) is 14.7. The Labute approximate surface area is 124 Å². The topological polar surface area (TPSA) is 32.7 Å². The molecule has 0 bridgehead atoms. The van der Waals surface area contributed by atoms with Gasteiger partial charge in [0.1, 0.15) is 0 Å². The summed E-state index contributed by atoms with van der Waals surface area (Å²) in [5.74, 6) is 0. The van der Waals surface area contributed by atoms with Gasteiger partial charge in [-0.2, -0.15) is 0 Å². The van der Waals surface area contributed by atoms with Crippen molar-refractivity contribution < 1.29 is 0 Å². The molecule has 1 aliphatic rings. The molecule has 0 radical (unpaired) electrons. The number of rotatable bonds is 4. The third kappa shape index (κ3) is 2.63. The van der Waals surface area contributed by atoms with Gasteiger partial charge in [-0.25, -0.2) is 5.01 Å². The lowest BCUT2D eigenvalue weighted by molar-refractivity contribution is 0.885. The lowest BCUT2D eigenvalue weighted by Gasteiger charge is -2.12. The van der Waals surface area contributed by atoms with E-state index < -0.39 is 0 Å². The number of fused-ring (bicyclic) bond motifs is 1. The van der Waals surface area contributed by atoms with Crippen molar-refractivity contribution in [3.05, 3.63) is 76.2 Å². The van der Waals surface area contributed by atoms with Crippen LogP contribution in [0.25, 0.3) is 17.7 Å². The predicted octanol–water partition coefficient (Wildman–Crippen LogP) is 4.76. The fourth-order valence-corrected chi connectivity index (χ4v) is 2.51. The molecule has 0 spiro atoms. The van der Waals surface area contributed by atoms with Crippen molar-refractivity contribution in [3.63, 3.8) is 0 Å². The van der Waals surface area contributed by atoms with Gasteiger partial charge in [0.25, 0.3) is 0 Å². The normalized spacial score (nSPS) is 14.2. The molecule has 1 aliphatic carbocycles. The van der Waals surface area contributed by atoms with Crippen LogP contribution in [-0.4, -0.2) is 6.54 Å². The number of nitrogens with zero attached hydrogens (tertiary/aromatic N) is 2. The molecule has 104 valence electrons. The van der Waals surface area contributed by atoms with Crippen molar-refractivity contribution in [2.45, 2.75) is 6.92 Å². The van der Waals surface area contributed by atoms with Gasteiger partial charge in [-0.05, 0) is 47.4 Å². The molecule has 0 aromatic heterocycles. The Hall–Kier alpha value is -2.68. The van der Waals surface area contributed by atoms with Crippen LogP contribution in [-0.2, 0) is 0 Å². The SMILES string of the molecule is CCN(N=O)c1ccc(/C=C2\C=Cc3ccccc32)cc1. The highest BCUT2D eigenvalue weighted by atomic mass is 16.3. The third-order valence-corrected chi connectivity index (χ3v) is 3.63. The summed E-state index contributed by atoms with van der Waals surface area (Å²) < 4.78 is 0. The van der Waals surface area contributed by atoms with E-state index in [1.54, 1.807) is 0 Å². The standard InChI is InChI=1S/C18H16N2O/c1-2-20(19-21)17-11-7-14(8-12-17)13-16-10-9-15-5-3-4-6-18(15)16/h3-13H,2H2,1H3/b16-13+. The predicted molar refractivity (Wildman–Crippen MR) is 88.6 cm³/mol. The van der Waals surface area contributed by atoms with E-state index in [0.717, 1.165) is 11.3 Å². The minimum atomic E-state index is 0.569. The van der Waals surface area contributed by atoms with Gasteiger partial charge in [-0.1, -0.05) is 48.6 Å². The first-order chi connectivity index (χ1) is 10.3. The summed E-state index contributed by atoms with van der Waals surface area (Å²) in [5.41, 5.74) is 5.64. The number of hydrogen-bond acceptors (Lipinski definition) is 2. The van der Waals surface area contributed by atoms with E-state index in [0.29, 0.717) is 6.54 Å². The molecule has 0 N–H and O–H groups in total. The average Bonchev–Trinajstić information content (AvgIpc) is 2.93. The Morgan fingerprint density at radius 1 is 1.05 bits per heavy atom. The molecule has 3 heteroatoms. The fourth-order valence-electron chi connectivity index (χ4n) is 2.51. The molecular formula is C18H16N2O. The highest BCUT2D eigenvalue weighted by molar-refractivity contribution is 5.97. The summed E-state index contributed by atoms with van der Waals surface area (Å²) in [4.78, 5) is 10.7. The summed E-state index contributed by atoms with van der Waals surface area (Å²) in [6, 6.07) is 16.2. The Kier molecular flexibility index (Phi) is 3.65. The van der Waals surface area contributed by atoms with Gasteiger partial charge in [0.05, 0.1) is 11.0 Å². The second-order valence-electron chi connectivity index (χ2n) is 4.91. The maximum atomic E-state index is 10.7. The van der Waals surface area contributed by atoms with Crippen LogP contribution in [0.1, 0.15) is 23.6 Å². The first kappa shape index (κ1) is 13.3. The van der Waals surface area contributed by atoms with Gasteiger partial charge in [0, 0.05) is 6.54 Å². The van der Waals surface area contributed by atoms with Crippen LogP contribution in [0.4, 0.5) is 5.69 Å². The van der Waals surface area contributed by atoms with Crippen LogP contribution >= 0.6 is 0 Å². The van der Waals surface area contributed by atoms with Crippen molar-refractivity contribution in [1.29, 1.82) is 0 Å². The number of hydrogen-bond donors (Lipinski definition) is 0. The van der Waals surface area contributed by atoms with Crippen molar-refractivity contribution >= 4 is 23.4 Å². The van der Waals surface area contributed by atoms with Gasteiger partial charge in [0.2, 0.25) is 0 Å². The number of anilines is 1. The van der Waals surface area contributed by atoms with Gasteiger partial charge < -0.3 is 0 Å². The van der Waals surface area contributed by atoms with Crippen molar-refractivity contribution in [1.82, 2.24) is 0 Å². The van der Waals surface area contributed by atoms with Crippen LogP contribution in [0.3, 0.4) is 0 Å². The third-order valence-electron chi connectivity index (χ3n) is 3.63. The Bertz CT molecular complexity index is 714. The van der Waals surface area contributed by atoms with E-state index in [-0.39, 0.29) is 0 Å². The van der Waals surface area contributed by atoms with Crippen LogP contribution in [0.15, 0.2) is 59.9 Å². The molecular weight excluding hydrogens is 260 g/mol. The van der Waals surface area contributed by atoms with Crippen molar-refractivity contribution in [2.24, 2.45) is 5.29 Å². The highest BCUT2D eigenvalue weighted by Crippen LogP contribution is 2.30. The maximum Gasteiger partial charge on any atom is 0.0626 e. The minimum Gasteiger partial charge on any atom is -0.230 e. The van der Waals surface area contributed by atoms with Crippen LogP contribution < -0.4 is 5.01 Å². The van der Waals surface area contributed by atoms with Crippen molar-refractivity contribution in [2.75, 3.05) is 11.6 Å². The van der Waals surface area contributed by atoms with Crippen LogP contribution in [0.2, 0.25) is 0 Å². The number of allylic oxidation sites excluding steroid dienone is 2. The van der Waals surface area contributed by atoms with E-state index in [1.165, 1.54) is 21.7 Å². The minimum absolute atomic E-state index is 0.569. The van der Waals surface area contributed by atoms with Gasteiger partial charge >= 0.3 is 0 Å². The van der Waals surface area contributed by atoms with Crippen molar-refractivity contribution in [3.8, 4) is 0 Å². The van der Waals surface area contributed by atoms with Gasteiger partial charge in [-0.3, -0.25) is 0 Å².